The average molecular weight is 593 g/mol. The molecule has 0 aliphatic heterocycles. The summed E-state index contributed by atoms with van der Waals surface area (Å²) in [5.74, 6) is 2.21. The maximum Gasteiger partial charge on any atom is 0.248 e. The van der Waals surface area contributed by atoms with Gasteiger partial charge in [-0.05, 0) is 76.2 Å². The van der Waals surface area contributed by atoms with E-state index in [0.29, 0.717) is 23.6 Å². The number of aryl methyl sites for hydroxylation is 4. The smallest absolute Gasteiger partial charge is 0.248 e. The van der Waals surface area contributed by atoms with Crippen LogP contribution in [0.5, 0.6) is 0 Å². The first-order valence-corrected chi connectivity index (χ1v) is 14.4. The summed E-state index contributed by atoms with van der Waals surface area (Å²) in [6.45, 7) is 16.2. The Bertz CT molecular complexity index is 1370. The number of rotatable bonds is 4. The van der Waals surface area contributed by atoms with Crippen LogP contribution < -0.4 is 0 Å². The van der Waals surface area contributed by atoms with E-state index in [9.17, 15) is 0 Å². The number of nitrogens with zero attached hydrogens (tertiary/aromatic N) is 4. The van der Waals surface area contributed by atoms with Crippen molar-refractivity contribution in [2.75, 3.05) is 0 Å². The molecule has 6 heteroatoms. The second-order valence-electron chi connectivity index (χ2n) is 9.29. The molecule has 0 atom stereocenters. The largest absolute Gasteiger partial charge is 0.416 e. The van der Waals surface area contributed by atoms with Gasteiger partial charge >= 0.3 is 0 Å². The van der Waals surface area contributed by atoms with Crippen molar-refractivity contribution in [1.29, 1.82) is 0 Å². The van der Waals surface area contributed by atoms with Gasteiger partial charge in [0.25, 0.3) is 0 Å². The van der Waals surface area contributed by atoms with E-state index in [1.165, 1.54) is 22.3 Å². The molecule has 0 aliphatic rings. The van der Waals surface area contributed by atoms with E-state index in [-0.39, 0.29) is 14.9 Å². The Labute approximate surface area is 264 Å². The van der Waals surface area contributed by atoms with Gasteiger partial charge in [-0.2, -0.15) is 0 Å². The van der Waals surface area contributed by atoms with Crippen LogP contribution in [-0.4, -0.2) is 20.4 Å². The van der Waals surface area contributed by atoms with Crippen molar-refractivity contribution in [3.8, 4) is 45.8 Å². The van der Waals surface area contributed by atoms with Crippen LogP contribution in [0, 0.1) is 27.7 Å². The van der Waals surface area contributed by atoms with Gasteiger partial charge in [0, 0.05) is 22.3 Å². The summed E-state index contributed by atoms with van der Waals surface area (Å²) in [5.41, 5.74) is 8.61. The number of benzene rings is 4. The molecule has 232 valence electrons. The maximum atomic E-state index is 5.71. The molecule has 2 aromatic heterocycles. The summed E-state index contributed by atoms with van der Waals surface area (Å²) in [6.07, 6.45) is 0. The lowest BCUT2D eigenvalue weighted by Crippen LogP contribution is -1.78. The lowest BCUT2D eigenvalue weighted by atomic mass is 10.1. The third-order valence-corrected chi connectivity index (χ3v) is 6.04. The van der Waals surface area contributed by atoms with E-state index >= 15 is 0 Å². The van der Waals surface area contributed by atoms with Gasteiger partial charge in [-0.25, -0.2) is 0 Å². The van der Waals surface area contributed by atoms with Crippen LogP contribution in [0.4, 0.5) is 0 Å². The van der Waals surface area contributed by atoms with E-state index < -0.39 is 0 Å². The zero-order valence-electron chi connectivity index (χ0n) is 25.8. The molecule has 0 bridgehead atoms. The minimum absolute atomic E-state index is 0. The van der Waals surface area contributed by atoms with Gasteiger partial charge in [0.15, 0.2) is 0 Å². The van der Waals surface area contributed by atoms with Gasteiger partial charge < -0.3 is 8.83 Å². The third kappa shape index (κ3) is 10.2. The highest BCUT2D eigenvalue weighted by Crippen LogP contribution is 2.25. The van der Waals surface area contributed by atoms with Crippen molar-refractivity contribution >= 4 is 0 Å². The van der Waals surface area contributed by atoms with Crippen LogP contribution in [-0.2, 0) is 0 Å². The molecular formula is C38H48N4O2. The van der Waals surface area contributed by atoms with E-state index in [0.717, 1.165) is 22.3 Å². The molecule has 6 rings (SSSR count). The Morgan fingerprint density at radius 1 is 0.318 bits per heavy atom. The molecule has 0 radical (unpaired) electrons. The van der Waals surface area contributed by atoms with Crippen LogP contribution in [0.15, 0.2) is 106 Å². The molecule has 0 fully saturated rings. The molecule has 0 saturated carbocycles. The maximum absolute atomic E-state index is 5.71. The van der Waals surface area contributed by atoms with Crippen molar-refractivity contribution < 1.29 is 8.83 Å². The quantitative estimate of drug-likeness (QED) is 0.203. The highest BCUT2D eigenvalue weighted by Gasteiger charge is 2.11. The minimum atomic E-state index is 0. The molecule has 6 aromatic rings. The fourth-order valence-corrected chi connectivity index (χ4v) is 3.70. The Hall–Kier alpha value is -4.84. The molecular weight excluding hydrogens is 544 g/mol. The third-order valence-electron chi connectivity index (χ3n) is 6.04. The highest BCUT2D eigenvalue weighted by atomic mass is 16.4. The topological polar surface area (TPSA) is 77.8 Å². The number of hydrogen-bond donors (Lipinski definition) is 0. The minimum Gasteiger partial charge on any atom is -0.416 e. The molecule has 0 aliphatic carbocycles. The van der Waals surface area contributed by atoms with Gasteiger partial charge in [0.2, 0.25) is 23.6 Å². The summed E-state index contributed by atoms with van der Waals surface area (Å²) in [5, 5.41) is 16.4. The molecule has 4 aromatic carbocycles. The Morgan fingerprint density at radius 3 is 0.636 bits per heavy atom. The van der Waals surface area contributed by atoms with Gasteiger partial charge in [-0.15, -0.1) is 20.4 Å². The van der Waals surface area contributed by atoms with E-state index in [1.54, 1.807) is 0 Å². The van der Waals surface area contributed by atoms with Gasteiger partial charge in [-0.1, -0.05) is 113 Å². The van der Waals surface area contributed by atoms with Crippen LogP contribution >= 0.6 is 0 Å². The fraction of sp³-hybridized carbons (Fsp3) is 0.263. The molecule has 0 amide bonds. The molecule has 0 N–H and O–H groups in total. The van der Waals surface area contributed by atoms with Gasteiger partial charge in [-0.3, -0.25) is 0 Å². The van der Waals surface area contributed by atoms with E-state index in [2.05, 4.69) is 48.1 Å². The first-order chi connectivity index (χ1) is 20.4. The van der Waals surface area contributed by atoms with Gasteiger partial charge in [0.05, 0.1) is 0 Å². The summed E-state index contributed by atoms with van der Waals surface area (Å²) in [6, 6.07) is 32.2. The monoisotopic (exact) mass is 592 g/mol. The summed E-state index contributed by atoms with van der Waals surface area (Å²) in [7, 11) is 0. The Kier molecular flexibility index (Phi) is 15.8. The Morgan fingerprint density at radius 2 is 0.477 bits per heavy atom. The summed E-state index contributed by atoms with van der Waals surface area (Å²) < 4.78 is 11.4. The van der Waals surface area contributed by atoms with Gasteiger partial charge in [0.1, 0.15) is 0 Å². The summed E-state index contributed by atoms with van der Waals surface area (Å²) >= 11 is 0. The van der Waals surface area contributed by atoms with Crippen LogP contribution in [0.2, 0.25) is 0 Å². The average Bonchev–Trinajstić information content (AvgIpc) is 3.73. The first kappa shape index (κ1) is 37.2. The second kappa shape index (κ2) is 18.6. The summed E-state index contributed by atoms with van der Waals surface area (Å²) in [4.78, 5) is 0. The molecule has 44 heavy (non-hydrogen) atoms. The lowest BCUT2D eigenvalue weighted by molar-refractivity contribution is 0.584. The molecule has 6 nitrogen and oxygen atoms in total. The van der Waals surface area contributed by atoms with Crippen molar-refractivity contribution in [3.63, 3.8) is 0 Å². The molecule has 2 heterocycles. The van der Waals surface area contributed by atoms with Crippen LogP contribution in [0.1, 0.15) is 64.8 Å². The number of aromatic nitrogens is 4. The van der Waals surface area contributed by atoms with Crippen molar-refractivity contribution in [2.45, 2.75) is 70.2 Å². The SMILES string of the molecule is C.C.CC.CC.Cc1ccc(-c2nnc(-c3ccc(C)cc3)o2)cc1.Cc1ccc(-c2nnc(-c3ccc(C)cc3)o2)cc1. The highest BCUT2D eigenvalue weighted by molar-refractivity contribution is 5.59. The van der Waals surface area contributed by atoms with Crippen molar-refractivity contribution in [3.05, 3.63) is 119 Å². The zero-order valence-corrected chi connectivity index (χ0v) is 25.8. The van der Waals surface area contributed by atoms with Crippen molar-refractivity contribution in [1.82, 2.24) is 20.4 Å². The van der Waals surface area contributed by atoms with E-state index in [1.807, 2.05) is 125 Å². The van der Waals surface area contributed by atoms with Crippen LogP contribution in [0.25, 0.3) is 45.8 Å². The molecule has 0 spiro atoms. The number of hydrogen-bond acceptors (Lipinski definition) is 6. The molecule has 0 saturated heterocycles. The standard InChI is InChI=1S/2C16H14N2O.2C2H6.2CH4/c2*1-11-3-7-13(8-4-11)15-17-18-16(19-15)14-9-5-12(2)6-10-14;2*1-2;;/h2*3-10H,1-2H3;2*1-2H3;2*1H4. The fourth-order valence-electron chi connectivity index (χ4n) is 3.70. The normalized spacial score (nSPS) is 9.45. The second-order valence-corrected chi connectivity index (χ2v) is 9.29. The van der Waals surface area contributed by atoms with Crippen molar-refractivity contribution in [2.24, 2.45) is 0 Å². The zero-order chi connectivity index (χ0) is 30.5. The Balaban J connectivity index is 0.000000380. The predicted octanol–water partition coefficient (Wildman–Crippen LogP) is 11.4. The molecule has 0 unspecified atom stereocenters. The van der Waals surface area contributed by atoms with E-state index in [4.69, 9.17) is 8.83 Å². The van der Waals surface area contributed by atoms with Crippen LogP contribution in [0.3, 0.4) is 0 Å². The predicted molar refractivity (Wildman–Crippen MR) is 185 cm³/mol. The lowest BCUT2D eigenvalue weighted by Gasteiger charge is -1.96. The first-order valence-electron chi connectivity index (χ1n) is 14.4.